The third kappa shape index (κ3) is 7.08. The van der Waals surface area contributed by atoms with Crippen LogP contribution in [0.3, 0.4) is 0 Å². The molecule has 40 heavy (non-hydrogen) atoms. The van der Waals surface area contributed by atoms with E-state index in [1.807, 2.05) is 13.8 Å². The van der Waals surface area contributed by atoms with E-state index in [-0.39, 0.29) is 47.9 Å². The van der Waals surface area contributed by atoms with Crippen molar-refractivity contribution in [2.45, 2.75) is 63.0 Å². The maximum atomic E-state index is 14.3. The first kappa shape index (κ1) is 29.7. The fraction of sp³-hybridized carbons (Fsp3) is 0.429. The van der Waals surface area contributed by atoms with Gasteiger partial charge in [-0.3, -0.25) is 4.79 Å². The molecule has 1 aliphatic heterocycles. The van der Waals surface area contributed by atoms with Gasteiger partial charge in [0.2, 0.25) is 15.0 Å². The van der Waals surface area contributed by atoms with Crippen LogP contribution in [-0.2, 0) is 39.6 Å². The van der Waals surface area contributed by atoms with Crippen molar-refractivity contribution in [2.24, 2.45) is 5.92 Å². The Balaban J connectivity index is 1.67. The summed E-state index contributed by atoms with van der Waals surface area (Å²) in [6, 6.07) is 9.58. The molecule has 1 aromatic heterocycles. The zero-order chi connectivity index (χ0) is 29.1. The highest BCUT2D eigenvalue weighted by molar-refractivity contribution is 7.90. The number of alkyl halides is 3. The second-order valence-electron chi connectivity index (χ2n) is 10.3. The smallest absolute Gasteiger partial charge is 0.376 e. The minimum atomic E-state index is -4.53. The van der Waals surface area contributed by atoms with E-state index in [4.69, 9.17) is 4.74 Å². The lowest BCUT2D eigenvalue weighted by Crippen LogP contribution is -2.35. The van der Waals surface area contributed by atoms with Crippen molar-refractivity contribution in [3.05, 3.63) is 82.9 Å². The molecule has 4 rings (SSSR count). The van der Waals surface area contributed by atoms with Crippen LogP contribution >= 0.6 is 0 Å². The summed E-state index contributed by atoms with van der Waals surface area (Å²) in [6.45, 7) is 4.72. The number of hydrogen-bond donors (Lipinski definition) is 0. The summed E-state index contributed by atoms with van der Waals surface area (Å²) >= 11 is 0. The quantitative estimate of drug-likeness (QED) is 0.296. The second kappa shape index (κ2) is 12.1. The molecule has 12 heteroatoms. The number of aromatic nitrogens is 2. The predicted octanol–water partition coefficient (Wildman–Crippen LogP) is 5.49. The summed E-state index contributed by atoms with van der Waals surface area (Å²) in [6.07, 6.45) is -1.89. The number of carbonyl (C=O) groups excluding carboxylic acids is 1. The molecular weight excluding hydrogens is 550 g/mol. The van der Waals surface area contributed by atoms with Gasteiger partial charge in [-0.1, -0.05) is 32.0 Å². The first-order valence-electron chi connectivity index (χ1n) is 12.9. The lowest BCUT2D eigenvalue weighted by Gasteiger charge is -2.26. The molecule has 2 heterocycles. The van der Waals surface area contributed by atoms with Crippen LogP contribution in [0.15, 0.2) is 59.9 Å². The van der Waals surface area contributed by atoms with Gasteiger partial charge in [-0.25, -0.2) is 17.8 Å². The molecule has 1 aliphatic rings. The molecule has 2 aromatic carbocycles. The maximum absolute atomic E-state index is 14.3. The van der Waals surface area contributed by atoms with Gasteiger partial charge in [0, 0.05) is 24.3 Å². The van der Waals surface area contributed by atoms with Crippen molar-refractivity contribution >= 4 is 15.7 Å². The van der Waals surface area contributed by atoms with E-state index in [1.165, 1.54) is 33.9 Å². The van der Waals surface area contributed by atoms with E-state index in [0.717, 1.165) is 30.7 Å². The molecule has 0 bridgehead atoms. The molecule has 216 valence electrons. The van der Waals surface area contributed by atoms with Gasteiger partial charge >= 0.3 is 6.18 Å². The minimum Gasteiger partial charge on any atom is -0.376 e. The molecule has 0 N–H and O–H groups in total. The standard InChI is InChI=1S/C28H31F4N3O4S/c1-19(2)15-34(26(36)20-9-11-22(12-10-20)28(30,31)32)16-23-14-33-27(35(23)17-24-7-5-13-39-24)40(37,38)18-21-6-3-4-8-25(21)29/h3-4,6,8-12,14,19,24H,5,7,13,15-18H2,1-2H3/t24-/m1/s1. The molecule has 1 fully saturated rings. The van der Waals surface area contributed by atoms with Gasteiger partial charge in [-0.15, -0.1) is 0 Å². The first-order chi connectivity index (χ1) is 18.8. The topological polar surface area (TPSA) is 81.5 Å². The SMILES string of the molecule is CC(C)CN(Cc1cnc(S(=O)(=O)Cc2ccccc2F)n1C[C@H]1CCCO1)C(=O)c1ccc(C(F)(F)F)cc1. The molecule has 0 radical (unpaired) electrons. The summed E-state index contributed by atoms with van der Waals surface area (Å²) in [5.74, 6) is -1.73. The first-order valence-corrected chi connectivity index (χ1v) is 14.6. The van der Waals surface area contributed by atoms with Gasteiger partial charge in [0.05, 0.1) is 42.4 Å². The fourth-order valence-corrected chi connectivity index (χ4v) is 6.19. The lowest BCUT2D eigenvalue weighted by molar-refractivity contribution is -0.137. The van der Waals surface area contributed by atoms with Crippen LogP contribution in [-0.4, -0.2) is 48.0 Å². The third-order valence-corrected chi connectivity index (χ3v) is 8.15. The average Bonchev–Trinajstić information content (AvgIpc) is 3.55. The van der Waals surface area contributed by atoms with Crippen molar-refractivity contribution in [1.82, 2.24) is 14.5 Å². The number of halogens is 4. The Kier molecular flexibility index (Phi) is 8.99. The summed E-state index contributed by atoms with van der Waals surface area (Å²) in [4.78, 5) is 19.1. The molecule has 1 saturated heterocycles. The molecule has 1 atom stereocenters. The Morgan fingerprint density at radius 2 is 1.85 bits per heavy atom. The van der Waals surface area contributed by atoms with Gasteiger partial charge in [-0.2, -0.15) is 13.2 Å². The summed E-state index contributed by atoms with van der Waals surface area (Å²) in [7, 11) is -4.09. The van der Waals surface area contributed by atoms with Gasteiger partial charge < -0.3 is 14.2 Å². The number of sulfone groups is 1. The third-order valence-electron chi connectivity index (χ3n) is 6.58. The molecule has 7 nitrogen and oxygen atoms in total. The van der Waals surface area contributed by atoms with E-state index in [2.05, 4.69) is 4.98 Å². The number of amides is 1. The molecule has 1 amide bonds. The predicted molar refractivity (Wildman–Crippen MR) is 140 cm³/mol. The van der Waals surface area contributed by atoms with Gasteiger partial charge in [0.1, 0.15) is 5.82 Å². The van der Waals surface area contributed by atoms with Crippen molar-refractivity contribution in [2.75, 3.05) is 13.2 Å². The van der Waals surface area contributed by atoms with Crippen molar-refractivity contribution in [1.29, 1.82) is 0 Å². The number of carbonyl (C=O) groups is 1. The van der Waals surface area contributed by atoms with Gasteiger partial charge in [0.25, 0.3) is 5.91 Å². The van der Waals surface area contributed by atoms with E-state index < -0.39 is 39.1 Å². The molecule has 0 aliphatic carbocycles. The Morgan fingerprint density at radius 1 is 1.15 bits per heavy atom. The zero-order valence-corrected chi connectivity index (χ0v) is 23.0. The zero-order valence-electron chi connectivity index (χ0n) is 22.2. The van der Waals surface area contributed by atoms with Crippen LogP contribution in [0.5, 0.6) is 0 Å². The Bertz CT molecular complexity index is 1430. The van der Waals surface area contributed by atoms with E-state index in [0.29, 0.717) is 18.7 Å². The van der Waals surface area contributed by atoms with Crippen molar-refractivity contribution in [3.63, 3.8) is 0 Å². The molecule has 3 aromatic rings. The van der Waals surface area contributed by atoms with Gasteiger partial charge in [-0.05, 0) is 49.1 Å². The van der Waals surface area contributed by atoms with E-state index in [1.54, 1.807) is 6.07 Å². The second-order valence-corrected chi connectivity index (χ2v) is 12.2. The minimum absolute atomic E-state index is 0.00892. The molecule has 0 spiro atoms. The fourth-order valence-electron chi connectivity index (χ4n) is 4.68. The number of benzene rings is 2. The maximum Gasteiger partial charge on any atom is 0.416 e. The van der Waals surface area contributed by atoms with Crippen LogP contribution in [0, 0.1) is 11.7 Å². The number of nitrogens with zero attached hydrogens (tertiary/aromatic N) is 3. The molecule has 0 unspecified atom stereocenters. The normalized spacial score (nSPS) is 16.0. The summed E-state index contributed by atoms with van der Waals surface area (Å²) in [5, 5.41) is -0.257. The number of imidazole rings is 1. The lowest BCUT2D eigenvalue weighted by atomic mass is 10.1. The van der Waals surface area contributed by atoms with Crippen LogP contribution < -0.4 is 0 Å². The van der Waals surface area contributed by atoms with Crippen LogP contribution in [0.2, 0.25) is 0 Å². The van der Waals surface area contributed by atoms with Crippen LogP contribution in [0.1, 0.15) is 53.9 Å². The molecule has 0 saturated carbocycles. The Labute approximate surface area is 230 Å². The Hall–Kier alpha value is -3.25. The van der Waals surface area contributed by atoms with E-state index in [9.17, 15) is 30.8 Å². The summed E-state index contributed by atoms with van der Waals surface area (Å²) in [5.41, 5.74) is -0.358. The number of rotatable bonds is 10. The van der Waals surface area contributed by atoms with Crippen LogP contribution in [0.4, 0.5) is 17.6 Å². The number of hydrogen-bond acceptors (Lipinski definition) is 5. The van der Waals surface area contributed by atoms with Crippen molar-refractivity contribution in [3.8, 4) is 0 Å². The van der Waals surface area contributed by atoms with Crippen molar-refractivity contribution < 1.29 is 35.5 Å². The largest absolute Gasteiger partial charge is 0.416 e. The summed E-state index contributed by atoms with van der Waals surface area (Å²) < 4.78 is 87.5. The number of ether oxygens (including phenoxy) is 1. The Morgan fingerprint density at radius 3 is 2.45 bits per heavy atom. The van der Waals surface area contributed by atoms with Crippen LogP contribution in [0.25, 0.3) is 0 Å². The van der Waals surface area contributed by atoms with E-state index >= 15 is 0 Å². The molecular formula is C28H31F4N3O4S. The highest BCUT2D eigenvalue weighted by atomic mass is 32.2. The average molecular weight is 582 g/mol. The highest BCUT2D eigenvalue weighted by Gasteiger charge is 2.32. The highest BCUT2D eigenvalue weighted by Crippen LogP contribution is 2.29. The monoisotopic (exact) mass is 581 g/mol. The van der Waals surface area contributed by atoms with Gasteiger partial charge in [0.15, 0.2) is 0 Å².